The van der Waals surface area contributed by atoms with Crippen LogP contribution in [-0.4, -0.2) is 59.0 Å². The highest BCUT2D eigenvalue weighted by Gasteiger charge is 2.43. The topological polar surface area (TPSA) is 86.7 Å². The number of hydrogen-bond donors (Lipinski definition) is 0. The lowest BCUT2D eigenvalue weighted by Gasteiger charge is -2.42. The summed E-state index contributed by atoms with van der Waals surface area (Å²) in [5.41, 5.74) is -0.779. The minimum absolute atomic E-state index is 0.00848. The van der Waals surface area contributed by atoms with Crippen molar-refractivity contribution in [1.82, 2.24) is 0 Å². The molecule has 2 aliphatic rings. The first-order chi connectivity index (χ1) is 8.20. The van der Waals surface area contributed by atoms with Gasteiger partial charge in [-0.05, 0) is 12.8 Å². The molecule has 2 rings (SSSR count). The predicted molar refractivity (Wildman–Crippen MR) is 61.2 cm³/mol. The maximum absolute atomic E-state index is 12.6. The molecule has 0 bridgehead atoms. The molecule has 0 aromatic rings. The highest BCUT2D eigenvalue weighted by atomic mass is 32.3. The van der Waals surface area contributed by atoms with Crippen molar-refractivity contribution in [1.29, 1.82) is 0 Å². The molecule has 0 aliphatic carbocycles. The van der Waals surface area contributed by atoms with Gasteiger partial charge in [0.15, 0.2) is 9.84 Å². The molecule has 0 radical (unpaired) electrons. The molecule has 0 N–H and O–H groups in total. The van der Waals surface area contributed by atoms with Gasteiger partial charge in [-0.3, -0.25) is 0 Å². The lowest BCUT2D eigenvalue weighted by atomic mass is 9.96. The van der Waals surface area contributed by atoms with E-state index in [9.17, 15) is 20.7 Å². The Bertz CT molecular complexity index is 497. The fourth-order valence-electron chi connectivity index (χ4n) is 2.27. The third kappa shape index (κ3) is 3.62. The fourth-order valence-corrected chi connectivity index (χ4v) is 4.45. The molecule has 2 fully saturated rings. The first kappa shape index (κ1) is 14.2. The second kappa shape index (κ2) is 4.69. The van der Waals surface area contributed by atoms with Crippen LogP contribution < -0.4 is 0 Å². The Labute approximate surface area is 106 Å². The van der Waals surface area contributed by atoms with Crippen molar-refractivity contribution >= 4 is 20.1 Å². The van der Waals surface area contributed by atoms with E-state index < -0.39 is 37.5 Å². The van der Waals surface area contributed by atoms with Gasteiger partial charge in [-0.2, -0.15) is 8.42 Å². The lowest BCUT2D eigenvalue weighted by molar-refractivity contribution is -0.194. The maximum Gasteiger partial charge on any atom is 0.305 e. The quantitative estimate of drug-likeness (QED) is 0.648. The van der Waals surface area contributed by atoms with Gasteiger partial charge in [0.2, 0.25) is 0 Å². The Balaban J connectivity index is 2.03. The Hall–Kier alpha value is -0.250. The van der Waals surface area contributed by atoms with Crippen molar-refractivity contribution in [2.75, 3.05) is 30.5 Å². The van der Waals surface area contributed by atoms with Gasteiger partial charge >= 0.3 is 10.2 Å². The zero-order valence-corrected chi connectivity index (χ0v) is 11.3. The third-order valence-corrected chi connectivity index (χ3v) is 5.63. The molecule has 106 valence electrons. The highest BCUT2D eigenvalue weighted by molar-refractivity contribution is 7.91. The van der Waals surface area contributed by atoms with Crippen LogP contribution in [0.25, 0.3) is 0 Å². The Morgan fingerprint density at radius 2 is 1.89 bits per heavy atom. The largest absolute Gasteiger partial charge is 0.376 e. The summed E-state index contributed by atoms with van der Waals surface area (Å²) in [4.78, 5) is 0. The molecule has 0 amide bonds. The van der Waals surface area contributed by atoms with E-state index in [4.69, 9.17) is 9.47 Å². The summed E-state index contributed by atoms with van der Waals surface area (Å²) >= 11 is 0. The van der Waals surface area contributed by atoms with Crippen molar-refractivity contribution in [3.8, 4) is 0 Å². The minimum atomic E-state index is -4.63. The molecule has 0 aromatic heterocycles. The van der Waals surface area contributed by atoms with Crippen LogP contribution in [0.4, 0.5) is 3.89 Å². The molecule has 1 spiro atoms. The summed E-state index contributed by atoms with van der Waals surface area (Å²) in [7, 11) is -7.66. The minimum Gasteiger partial charge on any atom is -0.376 e. The van der Waals surface area contributed by atoms with Crippen LogP contribution in [0.15, 0.2) is 0 Å². The van der Waals surface area contributed by atoms with Crippen LogP contribution in [0, 0.1) is 0 Å². The average molecular weight is 302 g/mol. The lowest BCUT2D eigenvalue weighted by Crippen LogP contribution is -2.53. The summed E-state index contributed by atoms with van der Waals surface area (Å²) in [6.45, 7) is 0.239. The van der Waals surface area contributed by atoms with E-state index in [2.05, 4.69) is 0 Å². The van der Waals surface area contributed by atoms with Crippen molar-refractivity contribution in [2.24, 2.45) is 0 Å². The van der Waals surface area contributed by atoms with Gasteiger partial charge < -0.3 is 9.47 Å². The van der Waals surface area contributed by atoms with E-state index in [1.165, 1.54) is 0 Å². The smallest absolute Gasteiger partial charge is 0.305 e. The standard InChI is InChI=1S/C9H15FO6S2/c10-18(13,14)6-8-5-15-7-9(16-8)1-3-17(11,12)4-2-9/h8H,1-7H2. The molecule has 2 heterocycles. The molecule has 6 nitrogen and oxygen atoms in total. The molecule has 0 saturated carbocycles. The molecular weight excluding hydrogens is 287 g/mol. The van der Waals surface area contributed by atoms with Crippen LogP contribution in [0.2, 0.25) is 0 Å². The van der Waals surface area contributed by atoms with E-state index in [1.54, 1.807) is 0 Å². The van der Waals surface area contributed by atoms with Crippen molar-refractivity contribution in [3.05, 3.63) is 0 Å². The Morgan fingerprint density at radius 1 is 1.28 bits per heavy atom. The van der Waals surface area contributed by atoms with Gasteiger partial charge in [0.25, 0.3) is 0 Å². The number of hydrogen-bond acceptors (Lipinski definition) is 6. The van der Waals surface area contributed by atoms with Gasteiger partial charge in [-0.25, -0.2) is 8.42 Å². The summed E-state index contributed by atoms with van der Waals surface area (Å²) in [5.74, 6) is -0.765. The van der Waals surface area contributed by atoms with Crippen LogP contribution in [-0.2, 0) is 29.5 Å². The van der Waals surface area contributed by atoms with E-state index in [0.717, 1.165) is 0 Å². The van der Waals surface area contributed by atoms with Crippen molar-refractivity contribution in [2.45, 2.75) is 24.5 Å². The van der Waals surface area contributed by atoms with Crippen molar-refractivity contribution in [3.63, 3.8) is 0 Å². The second-order valence-corrected chi connectivity index (χ2v) is 8.51. The molecule has 9 heteroatoms. The molecule has 1 unspecified atom stereocenters. The molecule has 0 aromatic carbocycles. The monoisotopic (exact) mass is 302 g/mol. The SMILES string of the molecule is O=S(=O)(F)CC1COCC2(CCS(=O)(=O)CC2)O1. The fraction of sp³-hybridized carbons (Fsp3) is 1.00. The van der Waals surface area contributed by atoms with Gasteiger partial charge in [0.05, 0.1) is 36.4 Å². The zero-order valence-electron chi connectivity index (χ0n) is 9.67. The molecule has 2 aliphatic heterocycles. The summed E-state index contributed by atoms with van der Waals surface area (Å²) in [6, 6.07) is 0. The van der Waals surface area contributed by atoms with E-state index in [0.29, 0.717) is 0 Å². The van der Waals surface area contributed by atoms with E-state index in [-0.39, 0.29) is 37.6 Å². The van der Waals surface area contributed by atoms with Crippen molar-refractivity contribution < 1.29 is 30.2 Å². The molecule has 2 saturated heterocycles. The highest BCUT2D eigenvalue weighted by Crippen LogP contribution is 2.32. The van der Waals surface area contributed by atoms with Gasteiger partial charge in [-0.1, -0.05) is 0 Å². The molecule has 1 atom stereocenters. The molecule has 18 heavy (non-hydrogen) atoms. The van der Waals surface area contributed by atoms with Crippen LogP contribution in [0.3, 0.4) is 0 Å². The third-order valence-electron chi connectivity index (χ3n) is 3.21. The number of ether oxygens (including phenoxy) is 2. The van der Waals surface area contributed by atoms with Gasteiger partial charge in [0, 0.05) is 0 Å². The average Bonchev–Trinajstić information content (AvgIpc) is 2.21. The van der Waals surface area contributed by atoms with Crippen LogP contribution in [0.5, 0.6) is 0 Å². The van der Waals surface area contributed by atoms with Crippen LogP contribution >= 0.6 is 0 Å². The maximum atomic E-state index is 12.6. The van der Waals surface area contributed by atoms with Gasteiger partial charge in [0.1, 0.15) is 5.75 Å². The Kier molecular flexibility index (Phi) is 3.69. The molecular formula is C9H15FO6S2. The van der Waals surface area contributed by atoms with E-state index >= 15 is 0 Å². The summed E-state index contributed by atoms with van der Waals surface area (Å²) in [6.07, 6.45) is -0.342. The normalized spacial score (nSPS) is 31.3. The zero-order chi connectivity index (χ0) is 13.4. The number of sulfone groups is 1. The van der Waals surface area contributed by atoms with E-state index in [1.807, 2.05) is 0 Å². The van der Waals surface area contributed by atoms with Crippen LogP contribution in [0.1, 0.15) is 12.8 Å². The predicted octanol–water partition coefficient (Wildman–Crippen LogP) is -0.352. The summed E-state index contributed by atoms with van der Waals surface area (Å²) < 4.78 is 67.2. The second-order valence-electron chi connectivity index (χ2n) is 4.80. The summed E-state index contributed by atoms with van der Waals surface area (Å²) in [5, 5.41) is 0. The van der Waals surface area contributed by atoms with Gasteiger partial charge in [-0.15, -0.1) is 3.89 Å². The number of rotatable bonds is 2. The first-order valence-corrected chi connectivity index (χ1v) is 8.96. The first-order valence-electron chi connectivity index (χ1n) is 5.58. The number of halogens is 1. The Morgan fingerprint density at radius 3 is 2.44 bits per heavy atom.